The quantitative estimate of drug-likeness (QED) is 0.905. The molecule has 1 atom stereocenters. The zero-order valence-electron chi connectivity index (χ0n) is 10.4. The van der Waals surface area contributed by atoms with Crippen molar-refractivity contribution in [2.45, 2.75) is 13.0 Å². The average molecular weight is 246 g/mol. The van der Waals surface area contributed by atoms with Gasteiger partial charge in [0.15, 0.2) is 0 Å². The van der Waals surface area contributed by atoms with Crippen LogP contribution in [0.5, 0.6) is 5.75 Å². The van der Waals surface area contributed by atoms with Crippen LogP contribution < -0.4 is 10.5 Å². The second kappa shape index (κ2) is 5.14. The minimum Gasteiger partial charge on any atom is -0.495 e. The van der Waals surface area contributed by atoms with E-state index in [4.69, 9.17) is 10.5 Å². The number of benzene rings is 1. The Morgan fingerprint density at radius 2 is 2.11 bits per heavy atom. The normalized spacial score (nSPS) is 12.2. The molecule has 0 saturated heterocycles. The second-order valence-corrected chi connectivity index (χ2v) is 4.07. The Labute approximate surface area is 105 Å². The number of nitrogens with two attached hydrogens (primary N) is 1. The summed E-state index contributed by atoms with van der Waals surface area (Å²) in [6.45, 7) is 1.89. The van der Waals surface area contributed by atoms with E-state index in [1.54, 1.807) is 31.5 Å². The number of hydrogen-bond donors (Lipinski definition) is 1. The summed E-state index contributed by atoms with van der Waals surface area (Å²) in [4.78, 5) is 4.22. The fraction of sp³-hybridized carbons (Fsp3) is 0.214. The molecule has 1 unspecified atom stereocenters. The van der Waals surface area contributed by atoms with Crippen LogP contribution in [0.15, 0.2) is 36.5 Å². The molecule has 0 amide bonds. The highest BCUT2D eigenvalue weighted by atomic mass is 19.1. The average Bonchev–Trinajstić information content (AvgIpc) is 2.40. The van der Waals surface area contributed by atoms with Crippen LogP contribution >= 0.6 is 0 Å². The number of rotatable bonds is 3. The maximum Gasteiger partial charge on any atom is 0.142 e. The van der Waals surface area contributed by atoms with Gasteiger partial charge in [0.05, 0.1) is 13.2 Å². The fourth-order valence-corrected chi connectivity index (χ4v) is 1.90. The molecule has 2 aromatic rings. The van der Waals surface area contributed by atoms with Crippen LogP contribution in [0.4, 0.5) is 4.39 Å². The third-order valence-electron chi connectivity index (χ3n) is 2.89. The summed E-state index contributed by atoms with van der Waals surface area (Å²) >= 11 is 0. The lowest BCUT2D eigenvalue weighted by molar-refractivity contribution is 0.404. The van der Waals surface area contributed by atoms with E-state index in [-0.39, 0.29) is 5.82 Å². The van der Waals surface area contributed by atoms with Crippen LogP contribution in [0, 0.1) is 12.7 Å². The van der Waals surface area contributed by atoms with Crippen LogP contribution in [-0.2, 0) is 0 Å². The van der Waals surface area contributed by atoms with Gasteiger partial charge >= 0.3 is 0 Å². The summed E-state index contributed by atoms with van der Waals surface area (Å²) in [7, 11) is 1.56. The Bertz CT molecular complexity index is 557. The maximum atomic E-state index is 13.3. The standard InChI is InChI=1S/C14H15FN2O/c1-9-5-6-10(15)8-11(9)13(16)14-12(18-2)4-3-7-17-14/h3-8,13H,16H2,1-2H3. The first-order valence-electron chi connectivity index (χ1n) is 5.64. The zero-order valence-corrected chi connectivity index (χ0v) is 10.4. The van der Waals surface area contributed by atoms with E-state index >= 15 is 0 Å². The van der Waals surface area contributed by atoms with E-state index in [9.17, 15) is 4.39 Å². The Balaban J connectivity index is 2.47. The van der Waals surface area contributed by atoms with Crippen LogP contribution in [0.3, 0.4) is 0 Å². The molecule has 0 bridgehead atoms. The molecular formula is C14H15FN2O. The Morgan fingerprint density at radius 3 is 2.83 bits per heavy atom. The molecule has 18 heavy (non-hydrogen) atoms. The summed E-state index contributed by atoms with van der Waals surface area (Å²) in [5.41, 5.74) is 8.40. The molecule has 0 fully saturated rings. The van der Waals surface area contributed by atoms with Crippen molar-refractivity contribution < 1.29 is 9.13 Å². The topological polar surface area (TPSA) is 48.1 Å². The van der Waals surface area contributed by atoms with Gasteiger partial charge in [-0.05, 0) is 42.3 Å². The molecule has 2 rings (SSSR count). The summed E-state index contributed by atoms with van der Waals surface area (Å²) in [5.74, 6) is 0.301. The Kier molecular flexibility index (Phi) is 3.58. The SMILES string of the molecule is COc1cccnc1C(N)c1cc(F)ccc1C. The highest BCUT2D eigenvalue weighted by Gasteiger charge is 2.17. The largest absolute Gasteiger partial charge is 0.495 e. The van der Waals surface area contributed by atoms with E-state index < -0.39 is 6.04 Å². The van der Waals surface area contributed by atoms with Gasteiger partial charge < -0.3 is 10.5 Å². The molecule has 1 aromatic heterocycles. The minimum atomic E-state index is -0.503. The Morgan fingerprint density at radius 1 is 1.33 bits per heavy atom. The van der Waals surface area contributed by atoms with Crippen molar-refractivity contribution in [1.82, 2.24) is 4.98 Å². The number of nitrogens with zero attached hydrogens (tertiary/aromatic N) is 1. The molecule has 0 spiro atoms. The van der Waals surface area contributed by atoms with E-state index in [1.165, 1.54) is 12.1 Å². The molecule has 0 aliphatic carbocycles. The first kappa shape index (κ1) is 12.5. The maximum absolute atomic E-state index is 13.3. The fourth-order valence-electron chi connectivity index (χ4n) is 1.90. The smallest absolute Gasteiger partial charge is 0.142 e. The number of ether oxygens (including phenoxy) is 1. The van der Waals surface area contributed by atoms with Crippen LogP contribution in [0.2, 0.25) is 0 Å². The van der Waals surface area contributed by atoms with Gasteiger partial charge in [-0.15, -0.1) is 0 Å². The van der Waals surface area contributed by atoms with Crippen molar-refractivity contribution in [2.75, 3.05) is 7.11 Å². The van der Waals surface area contributed by atoms with Gasteiger partial charge in [-0.25, -0.2) is 4.39 Å². The molecule has 0 radical (unpaired) electrons. The zero-order chi connectivity index (χ0) is 13.1. The third kappa shape index (κ3) is 2.33. The van der Waals surface area contributed by atoms with Crippen LogP contribution in [0.25, 0.3) is 0 Å². The molecular weight excluding hydrogens is 231 g/mol. The van der Waals surface area contributed by atoms with Gasteiger partial charge in [0, 0.05) is 6.20 Å². The van der Waals surface area contributed by atoms with Gasteiger partial charge in [0.25, 0.3) is 0 Å². The monoisotopic (exact) mass is 246 g/mol. The summed E-state index contributed by atoms with van der Waals surface area (Å²) in [6, 6.07) is 7.62. The van der Waals surface area contributed by atoms with Crippen molar-refractivity contribution >= 4 is 0 Å². The number of methoxy groups -OCH3 is 1. The van der Waals surface area contributed by atoms with Crippen molar-refractivity contribution in [1.29, 1.82) is 0 Å². The predicted molar refractivity (Wildman–Crippen MR) is 68.0 cm³/mol. The van der Waals surface area contributed by atoms with E-state index in [2.05, 4.69) is 4.98 Å². The lowest BCUT2D eigenvalue weighted by atomic mass is 9.98. The van der Waals surface area contributed by atoms with E-state index in [1.807, 2.05) is 6.92 Å². The summed E-state index contributed by atoms with van der Waals surface area (Å²) in [6.07, 6.45) is 1.65. The van der Waals surface area contributed by atoms with Gasteiger partial charge in [0.2, 0.25) is 0 Å². The van der Waals surface area contributed by atoms with E-state index in [0.29, 0.717) is 17.0 Å². The lowest BCUT2D eigenvalue weighted by Crippen LogP contribution is -2.16. The van der Waals surface area contributed by atoms with Gasteiger partial charge in [0.1, 0.15) is 17.3 Å². The molecule has 4 heteroatoms. The Hall–Kier alpha value is -1.94. The van der Waals surface area contributed by atoms with Crippen LogP contribution in [0.1, 0.15) is 22.9 Å². The molecule has 94 valence electrons. The number of aryl methyl sites for hydroxylation is 1. The first-order valence-corrected chi connectivity index (χ1v) is 5.64. The molecule has 0 aliphatic rings. The van der Waals surface area contributed by atoms with Crippen molar-refractivity contribution in [3.63, 3.8) is 0 Å². The molecule has 1 aromatic carbocycles. The third-order valence-corrected chi connectivity index (χ3v) is 2.89. The van der Waals surface area contributed by atoms with Gasteiger partial charge in [-0.1, -0.05) is 6.07 Å². The van der Waals surface area contributed by atoms with Crippen molar-refractivity contribution in [2.24, 2.45) is 5.73 Å². The van der Waals surface area contributed by atoms with Crippen molar-refractivity contribution in [3.8, 4) is 5.75 Å². The second-order valence-electron chi connectivity index (χ2n) is 4.07. The molecule has 1 heterocycles. The lowest BCUT2D eigenvalue weighted by Gasteiger charge is -2.16. The summed E-state index contributed by atoms with van der Waals surface area (Å²) in [5, 5.41) is 0. The molecule has 0 saturated carbocycles. The first-order chi connectivity index (χ1) is 8.63. The molecule has 3 nitrogen and oxygen atoms in total. The van der Waals surface area contributed by atoms with Gasteiger partial charge in [-0.2, -0.15) is 0 Å². The predicted octanol–water partition coefficient (Wildman–Crippen LogP) is 2.59. The van der Waals surface area contributed by atoms with Gasteiger partial charge in [-0.3, -0.25) is 4.98 Å². The number of pyridine rings is 1. The minimum absolute atomic E-state index is 0.305. The molecule has 2 N–H and O–H groups in total. The molecule has 0 aliphatic heterocycles. The number of hydrogen-bond acceptors (Lipinski definition) is 3. The highest BCUT2D eigenvalue weighted by Crippen LogP contribution is 2.28. The number of halogens is 1. The number of aromatic nitrogens is 1. The highest BCUT2D eigenvalue weighted by molar-refractivity contribution is 5.39. The van der Waals surface area contributed by atoms with E-state index in [0.717, 1.165) is 5.56 Å². The summed E-state index contributed by atoms with van der Waals surface area (Å²) < 4.78 is 18.5. The van der Waals surface area contributed by atoms with Crippen LogP contribution in [-0.4, -0.2) is 12.1 Å². The van der Waals surface area contributed by atoms with Crippen molar-refractivity contribution in [3.05, 3.63) is 59.2 Å².